The molecule has 0 radical (unpaired) electrons. The molecule has 4 heteroatoms. The summed E-state index contributed by atoms with van der Waals surface area (Å²) in [5, 5.41) is 0. The molecule has 2 aliphatic heterocycles. The molecule has 1 aliphatic carbocycles. The summed E-state index contributed by atoms with van der Waals surface area (Å²) < 4.78 is 0. The summed E-state index contributed by atoms with van der Waals surface area (Å²) in [4.78, 5) is 23.7. The Hall–Kier alpha value is -2.20. The zero-order valence-corrected chi connectivity index (χ0v) is 22.0. The first kappa shape index (κ1) is 24.5. The number of aryl methyl sites for hydroxylation is 1. The van der Waals surface area contributed by atoms with Crippen molar-refractivity contribution in [3.05, 3.63) is 64.5 Å². The van der Waals surface area contributed by atoms with Gasteiger partial charge in [-0.3, -0.25) is 14.7 Å². The van der Waals surface area contributed by atoms with Gasteiger partial charge in [0.2, 0.25) is 0 Å². The summed E-state index contributed by atoms with van der Waals surface area (Å²) in [5.74, 6) is 1.91. The lowest BCUT2D eigenvalue weighted by molar-refractivity contribution is 0.0388. The number of hydrogen-bond donors (Lipinski definition) is 0. The lowest BCUT2D eigenvalue weighted by atomic mass is 9.78. The highest BCUT2D eigenvalue weighted by Gasteiger charge is 2.37. The fourth-order valence-electron chi connectivity index (χ4n) is 6.73. The second-order valence-corrected chi connectivity index (χ2v) is 11.6. The molecule has 1 aromatic heterocycles. The van der Waals surface area contributed by atoms with Crippen molar-refractivity contribution in [2.45, 2.75) is 96.6 Å². The molecule has 0 N–H and O–H groups in total. The Bertz CT molecular complexity index is 1000. The number of pyridine rings is 1. The number of carbonyl (C=O) groups is 1. The summed E-state index contributed by atoms with van der Waals surface area (Å²) in [6.45, 7) is 10.6. The average molecular weight is 474 g/mol. The molecule has 188 valence electrons. The third-order valence-corrected chi connectivity index (χ3v) is 8.83. The second-order valence-electron chi connectivity index (χ2n) is 11.6. The number of hydrogen-bond acceptors (Lipinski definition) is 3. The molecule has 3 aliphatic rings. The first-order chi connectivity index (χ1) is 17.0. The Kier molecular flexibility index (Phi) is 7.57. The van der Waals surface area contributed by atoms with Crippen LogP contribution >= 0.6 is 0 Å². The van der Waals surface area contributed by atoms with Gasteiger partial charge >= 0.3 is 0 Å². The van der Waals surface area contributed by atoms with E-state index in [0.29, 0.717) is 23.8 Å². The Labute approximate surface area is 212 Å². The fraction of sp³-hybridized carbons (Fsp3) is 0.613. The predicted octanol–water partition coefficient (Wildman–Crippen LogP) is 6.69. The summed E-state index contributed by atoms with van der Waals surface area (Å²) in [6, 6.07) is 13.7. The molecular formula is C31H43N3O. The zero-order chi connectivity index (χ0) is 24.4. The monoisotopic (exact) mass is 473 g/mol. The minimum atomic E-state index is 0.247. The van der Waals surface area contributed by atoms with Crippen molar-refractivity contribution in [2.24, 2.45) is 5.92 Å². The first-order valence-corrected chi connectivity index (χ1v) is 14.1. The van der Waals surface area contributed by atoms with Gasteiger partial charge in [-0.15, -0.1) is 0 Å². The highest BCUT2D eigenvalue weighted by Crippen LogP contribution is 2.37. The van der Waals surface area contributed by atoms with Gasteiger partial charge in [0.1, 0.15) is 0 Å². The maximum atomic E-state index is 13.9. The van der Waals surface area contributed by atoms with Crippen LogP contribution in [0.2, 0.25) is 0 Å². The van der Waals surface area contributed by atoms with Crippen molar-refractivity contribution in [1.29, 1.82) is 0 Å². The number of nitrogens with zero attached hydrogens (tertiary/aromatic N) is 3. The van der Waals surface area contributed by atoms with Crippen LogP contribution in [0.1, 0.15) is 110 Å². The van der Waals surface area contributed by atoms with Crippen LogP contribution in [0.3, 0.4) is 0 Å². The van der Waals surface area contributed by atoms with Gasteiger partial charge in [0.15, 0.2) is 0 Å². The third-order valence-electron chi connectivity index (χ3n) is 8.83. The zero-order valence-electron chi connectivity index (χ0n) is 22.0. The number of rotatable bonds is 5. The molecule has 0 spiro atoms. The molecule has 2 aromatic rings. The van der Waals surface area contributed by atoms with E-state index < -0.39 is 0 Å². The van der Waals surface area contributed by atoms with Gasteiger partial charge in [-0.1, -0.05) is 51.0 Å². The van der Waals surface area contributed by atoms with Gasteiger partial charge in [0, 0.05) is 30.7 Å². The third kappa shape index (κ3) is 5.48. The van der Waals surface area contributed by atoms with Gasteiger partial charge in [-0.25, -0.2) is 0 Å². The van der Waals surface area contributed by atoms with Crippen LogP contribution in [0.5, 0.6) is 0 Å². The number of fused-ring (bicyclic) bond motifs is 1. The van der Waals surface area contributed by atoms with Gasteiger partial charge in [-0.2, -0.15) is 0 Å². The van der Waals surface area contributed by atoms with Crippen LogP contribution in [-0.4, -0.2) is 46.4 Å². The SMILES string of the molecule is Cc1ccc(C(=O)N2CCC[C@@H]3CCCC[C@H]32)c(C2CCN(Cc3ccc(C(C)C)cc3)CC2)n1. The summed E-state index contributed by atoms with van der Waals surface area (Å²) in [6.07, 6.45) is 9.68. The Morgan fingerprint density at radius 1 is 0.914 bits per heavy atom. The van der Waals surface area contributed by atoms with Crippen molar-refractivity contribution < 1.29 is 4.79 Å². The molecule has 4 nitrogen and oxygen atoms in total. The number of amides is 1. The maximum absolute atomic E-state index is 13.9. The normalized spacial score (nSPS) is 23.9. The molecule has 1 saturated carbocycles. The van der Waals surface area contributed by atoms with Crippen LogP contribution in [0.15, 0.2) is 36.4 Å². The van der Waals surface area contributed by atoms with Crippen molar-refractivity contribution in [3.63, 3.8) is 0 Å². The average Bonchev–Trinajstić information content (AvgIpc) is 2.89. The molecule has 2 saturated heterocycles. The van der Waals surface area contributed by atoms with E-state index in [1.54, 1.807) is 0 Å². The number of piperidine rings is 2. The van der Waals surface area contributed by atoms with Crippen molar-refractivity contribution in [2.75, 3.05) is 19.6 Å². The Balaban J connectivity index is 1.27. The number of aromatic nitrogens is 1. The highest BCUT2D eigenvalue weighted by molar-refractivity contribution is 5.95. The Morgan fingerprint density at radius 2 is 1.63 bits per heavy atom. The molecule has 3 heterocycles. The van der Waals surface area contributed by atoms with E-state index in [1.807, 2.05) is 6.07 Å². The largest absolute Gasteiger partial charge is 0.335 e. The number of likely N-dealkylation sites (tertiary alicyclic amines) is 2. The molecule has 1 amide bonds. The van der Waals surface area contributed by atoms with Gasteiger partial charge in [0.25, 0.3) is 5.91 Å². The standard InChI is InChI=1S/C31H43N3O/c1-22(2)25-13-11-24(12-14-25)21-33-19-16-27(17-20-33)30-28(15-10-23(3)32-30)31(35)34-18-6-8-26-7-4-5-9-29(26)34/h10-15,22,26-27,29H,4-9,16-21H2,1-3H3/t26-,29+/m0/s1. The summed E-state index contributed by atoms with van der Waals surface area (Å²) in [5.41, 5.74) is 5.77. The fourth-order valence-corrected chi connectivity index (χ4v) is 6.73. The summed E-state index contributed by atoms with van der Waals surface area (Å²) >= 11 is 0. The quantitative estimate of drug-likeness (QED) is 0.485. The van der Waals surface area contributed by atoms with Crippen LogP contribution in [-0.2, 0) is 6.54 Å². The van der Waals surface area contributed by atoms with E-state index in [1.165, 1.54) is 43.2 Å². The van der Waals surface area contributed by atoms with Crippen LogP contribution < -0.4 is 0 Å². The lowest BCUT2D eigenvalue weighted by Crippen LogP contribution is -2.50. The maximum Gasteiger partial charge on any atom is 0.255 e. The summed E-state index contributed by atoms with van der Waals surface area (Å²) in [7, 11) is 0. The van der Waals surface area contributed by atoms with Gasteiger partial charge in [-0.05, 0) is 93.6 Å². The van der Waals surface area contributed by atoms with Crippen LogP contribution in [0.25, 0.3) is 0 Å². The topological polar surface area (TPSA) is 36.4 Å². The number of benzene rings is 1. The molecule has 5 rings (SSSR count). The lowest BCUT2D eigenvalue weighted by Gasteiger charge is -2.44. The van der Waals surface area contributed by atoms with Crippen LogP contribution in [0.4, 0.5) is 0 Å². The first-order valence-electron chi connectivity index (χ1n) is 14.1. The smallest absolute Gasteiger partial charge is 0.255 e. The van der Waals surface area contributed by atoms with Crippen molar-refractivity contribution >= 4 is 5.91 Å². The van der Waals surface area contributed by atoms with E-state index in [2.05, 4.69) is 60.9 Å². The van der Waals surface area contributed by atoms with E-state index in [-0.39, 0.29) is 5.91 Å². The molecule has 1 aromatic carbocycles. The minimum absolute atomic E-state index is 0.247. The van der Waals surface area contributed by atoms with E-state index in [9.17, 15) is 4.79 Å². The molecule has 35 heavy (non-hydrogen) atoms. The van der Waals surface area contributed by atoms with Gasteiger partial charge in [0.05, 0.1) is 11.3 Å². The van der Waals surface area contributed by atoms with Gasteiger partial charge < -0.3 is 4.90 Å². The van der Waals surface area contributed by atoms with Crippen molar-refractivity contribution in [3.8, 4) is 0 Å². The minimum Gasteiger partial charge on any atom is -0.335 e. The van der Waals surface area contributed by atoms with E-state index in [0.717, 1.165) is 62.4 Å². The predicted molar refractivity (Wildman–Crippen MR) is 143 cm³/mol. The second kappa shape index (κ2) is 10.8. The molecule has 0 bridgehead atoms. The molecule has 3 fully saturated rings. The molecule has 0 unspecified atom stereocenters. The highest BCUT2D eigenvalue weighted by atomic mass is 16.2. The van der Waals surface area contributed by atoms with E-state index >= 15 is 0 Å². The van der Waals surface area contributed by atoms with E-state index in [4.69, 9.17) is 4.98 Å². The number of carbonyl (C=O) groups excluding carboxylic acids is 1. The molecule has 2 atom stereocenters. The molecular weight excluding hydrogens is 430 g/mol. The Morgan fingerprint density at radius 3 is 2.37 bits per heavy atom. The van der Waals surface area contributed by atoms with Crippen LogP contribution in [0, 0.1) is 12.8 Å². The van der Waals surface area contributed by atoms with Crippen molar-refractivity contribution in [1.82, 2.24) is 14.8 Å².